The van der Waals surface area contributed by atoms with Crippen LogP contribution < -0.4 is 15.4 Å². The van der Waals surface area contributed by atoms with E-state index in [4.69, 9.17) is 4.74 Å². The predicted molar refractivity (Wildman–Crippen MR) is 110 cm³/mol. The highest BCUT2D eigenvalue weighted by atomic mass is 16.5. The molecule has 0 saturated heterocycles. The molecule has 144 valence electrons. The van der Waals surface area contributed by atoms with Crippen molar-refractivity contribution in [2.24, 2.45) is 0 Å². The number of methoxy groups -OCH3 is 1. The van der Waals surface area contributed by atoms with Gasteiger partial charge in [-0.25, -0.2) is 9.97 Å². The number of aromatic nitrogens is 2. The fraction of sp³-hybridized carbons (Fsp3) is 0.227. The zero-order chi connectivity index (χ0) is 19.8. The molecule has 0 aliphatic carbocycles. The third-order valence-electron chi connectivity index (χ3n) is 4.30. The van der Waals surface area contributed by atoms with E-state index in [9.17, 15) is 4.79 Å². The van der Waals surface area contributed by atoms with Gasteiger partial charge in [-0.15, -0.1) is 0 Å². The number of nitrogens with zero attached hydrogens (tertiary/aromatic N) is 2. The Hall–Kier alpha value is -3.41. The van der Waals surface area contributed by atoms with Crippen molar-refractivity contribution in [1.29, 1.82) is 0 Å². The molecule has 28 heavy (non-hydrogen) atoms. The summed E-state index contributed by atoms with van der Waals surface area (Å²) in [6.45, 7) is 3.21. The molecular formula is C22H24N4O2. The molecule has 1 aromatic heterocycles. The molecule has 0 fully saturated rings. The molecule has 0 saturated carbocycles. The number of benzene rings is 2. The largest absolute Gasteiger partial charge is 0.497 e. The Morgan fingerprint density at radius 3 is 2.54 bits per heavy atom. The second-order valence-electron chi connectivity index (χ2n) is 6.48. The maximum Gasteiger partial charge on any atom is 0.271 e. The third-order valence-corrected chi connectivity index (χ3v) is 4.30. The standard InChI is InChI=1S/C22H24N4O2/c1-16-4-3-5-18(12-16)13-26-22(27)20-14-25-21(15-24-20)23-11-10-17-6-8-19(28-2)9-7-17/h3-9,12,14-15H,10-11,13H2,1-2H3,(H,23,25)(H,26,27). The number of hydrogen-bond acceptors (Lipinski definition) is 5. The van der Waals surface area contributed by atoms with Crippen molar-refractivity contribution >= 4 is 11.7 Å². The second-order valence-corrected chi connectivity index (χ2v) is 6.48. The van der Waals surface area contributed by atoms with Crippen LogP contribution >= 0.6 is 0 Å². The first-order chi connectivity index (χ1) is 13.6. The Bertz CT molecular complexity index is 909. The van der Waals surface area contributed by atoms with E-state index in [1.54, 1.807) is 13.3 Å². The minimum atomic E-state index is -0.237. The quantitative estimate of drug-likeness (QED) is 0.630. The number of amides is 1. The molecule has 3 aromatic rings. The summed E-state index contributed by atoms with van der Waals surface area (Å²) in [5.74, 6) is 1.25. The van der Waals surface area contributed by atoms with Gasteiger partial charge in [0.2, 0.25) is 0 Å². The monoisotopic (exact) mass is 376 g/mol. The minimum absolute atomic E-state index is 0.237. The molecule has 0 aliphatic rings. The van der Waals surface area contributed by atoms with Crippen LogP contribution in [0.15, 0.2) is 60.9 Å². The molecule has 2 N–H and O–H groups in total. The van der Waals surface area contributed by atoms with E-state index < -0.39 is 0 Å². The van der Waals surface area contributed by atoms with Crippen LogP contribution in [0.25, 0.3) is 0 Å². The van der Waals surface area contributed by atoms with E-state index in [0.717, 1.165) is 29.8 Å². The number of carbonyl (C=O) groups is 1. The number of hydrogen-bond donors (Lipinski definition) is 2. The van der Waals surface area contributed by atoms with Gasteiger partial charge in [0.05, 0.1) is 19.5 Å². The van der Waals surface area contributed by atoms with Crippen molar-refractivity contribution in [3.63, 3.8) is 0 Å². The highest BCUT2D eigenvalue weighted by molar-refractivity contribution is 5.91. The lowest BCUT2D eigenvalue weighted by Gasteiger charge is -2.08. The van der Waals surface area contributed by atoms with Crippen LogP contribution in [0.4, 0.5) is 5.82 Å². The van der Waals surface area contributed by atoms with E-state index in [2.05, 4.69) is 20.6 Å². The summed E-state index contributed by atoms with van der Waals surface area (Å²) in [6, 6.07) is 16.0. The van der Waals surface area contributed by atoms with E-state index in [0.29, 0.717) is 18.1 Å². The highest BCUT2D eigenvalue weighted by Crippen LogP contribution is 2.12. The number of nitrogens with one attached hydrogen (secondary N) is 2. The van der Waals surface area contributed by atoms with E-state index in [1.165, 1.54) is 11.8 Å². The Labute approximate surface area is 165 Å². The van der Waals surface area contributed by atoms with E-state index in [1.807, 2.05) is 55.5 Å². The predicted octanol–water partition coefficient (Wildman–Crippen LogP) is 3.38. The lowest BCUT2D eigenvalue weighted by atomic mass is 10.1. The fourth-order valence-corrected chi connectivity index (χ4v) is 2.76. The van der Waals surface area contributed by atoms with Crippen LogP contribution in [0, 0.1) is 6.92 Å². The molecule has 3 rings (SSSR count). The van der Waals surface area contributed by atoms with Gasteiger partial charge in [-0.3, -0.25) is 4.79 Å². The summed E-state index contributed by atoms with van der Waals surface area (Å²) in [7, 11) is 1.65. The maximum absolute atomic E-state index is 12.2. The number of ether oxygens (including phenoxy) is 1. The topological polar surface area (TPSA) is 76.1 Å². The van der Waals surface area contributed by atoms with Gasteiger partial charge < -0.3 is 15.4 Å². The van der Waals surface area contributed by atoms with Crippen LogP contribution in [0.2, 0.25) is 0 Å². The van der Waals surface area contributed by atoms with Crippen LogP contribution in [-0.2, 0) is 13.0 Å². The van der Waals surface area contributed by atoms with Crippen molar-refractivity contribution in [2.75, 3.05) is 19.0 Å². The first-order valence-corrected chi connectivity index (χ1v) is 9.16. The molecular weight excluding hydrogens is 352 g/mol. The van der Waals surface area contributed by atoms with E-state index >= 15 is 0 Å². The Morgan fingerprint density at radius 1 is 1.04 bits per heavy atom. The number of aryl methyl sites for hydroxylation is 1. The van der Waals surface area contributed by atoms with Crippen LogP contribution in [-0.4, -0.2) is 29.5 Å². The molecule has 0 unspecified atom stereocenters. The Kier molecular flexibility index (Phi) is 6.57. The molecule has 1 amide bonds. The summed E-state index contributed by atoms with van der Waals surface area (Å²) in [4.78, 5) is 20.7. The van der Waals surface area contributed by atoms with Gasteiger partial charge in [-0.05, 0) is 36.6 Å². The number of rotatable bonds is 8. The lowest BCUT2D eigenvalue weighted by Crippen LogP contribution is -2.24. The van der Waals surface area contributed by atoms with Crippen molar-refractivity contribution < 1.29 is 9.53 Å². The van der Waals surface area contributed by atoms with Gasteiger partial charge in [0, 0.05) is 13.1 Å². The van der Waals surface area contributed by atoms with Crippen LogP contribution in [0.1, 0.15) is 27.2 Å². The SMILES string of the molecule is COc1ccc(CCNc2cnc(C(=O)NCc3cccc(C)c3)cn2)cc1. The summed E-state index contributed by atoms with van der Waals surface area (Å²) in [5.41, 5.74) is 3.72. The average Bonchev–Trinajstić information content (AvgIpc) is 2.73. The van der Waals surface area contributed by atoms with Crippen molar-refractivity contribution in [3.8, 4) is 5.75 Å². The summed E-state index contributed by atoms with van der Waals surface area (Å²) in [5, 5.41) is 6.08. The molecule has 6 nitrogen and oxygen atoms in total. The van der Waals surface area contributed by atoms with Crippen LogP contribution in [0.5, 0.6) is 5.75 Å². The first-order valence-electron chi connectivity index (χ1n) is 9.16. The van der Waals surface area contributed by atoms with Crippen molar-refractivity contribution in [3.05, 3.63) is 83.3 Å². The van der Waals surface area contributed by atoms with Gasteiger partial charge in [0.15, 0.2) is 0 Å². The minimum Gasteiger partial charge on any atom is -0.497 e. The Balaban J connectivity index is 1.46. The summed E-state index contributed by atoms with van der Waals surface area (Å²) in [6.07, 6.45) is 3.92. The fourth-order valence-electron chi connectivity index (χ4n) is 2.76. The maximum atomic E-state index is 12.2. The molecule has 6 heteroatoms. The van der Waals surface area contributed by atoms with Gasteiger partial charge in [0.1, 0.15) is 17.3 Å². The third kappa shape index (κ3) is 5.54. The van der Waals surface area contributed by atoms with Gasteiger partial charge >= 0.3 is 0 Å². The normalized spacial score (nSPS) is 10.4. The van der Waals surface area contributed by atoms with Crippen molar-refractivity contribution in [1.82, 2.24) is 15.3 Å². The molecule has 0 bridgehead atoms. The first kappa shape index (κ1) is 19.4. The average molecular weight is 376 g/mol. The summed E-state index contributed by atoms with van der Waals surface area (Å²) < 4.78 is 5.15. The second kappa shape index (κ2) is 9.50. The molecule has 0 atom stereocenters. The smallest absolute Gasteiger partial charge is 0.271 e. The van der Waals surface area contributed by atoms with Gasteiger partial charge in [-0.1, -0.05) is 42.0 Å². The number of anilines is 1. The molecule has 0 aliphatic heterocycles. The number of carbonyl (C=O) groups excluding carboxylic acids is 1. The highest BCUT2D eigenvalue weighted by Gasteiger charge is 2.08. The lowest BCUT2D eigenvalue weighted by molar-refractivity contribution is 0.0945. The Morgan fingerprint density at radius 2 is 1.86 bits per heavy atom. The van der Waals surface area contributed by atoms with Gasteiger partial charge in [0.25, 0.3) is 5.91 Å². The van der Waals surface area contributed by atoms with Crippen molar-refractivity contribution in [2.45, 2.75) is 19.9 Å². The molecule has 0 spiro atoms. The molecule has 0 radical (unpaired) electrons. The van der Waals surface area contributed by atoms with Gasteiger partial charge in [-0.2, -0.15) is 0 Å². The van der Waals surface area contributed by atoms with Crippen LogP contribution in [0.3, 0.4) is 0 Å². The summed E-state index contributed by atoms with van der Waals surface area (Å²) >= 11 is 0. The zero-order valence-corrected chi connectivity index (χ0v) is 16.1. The zero-order valence-electron chi connectivity index (χ0n) is 16.1. The van der Waals surface area contributed by atoms with E-state index in [-0.39, 0.29) is 5.91 Å². The molecule has 1 heterocycles. The molecule has 2 aromatic carbocycles.